The Kier molecular flexibility index (Phi) is 8.07. The van der Waals surface area contributed by atoms with Crippen molar-refractivity contribution in [1.29, 1.82) is 0 Å². The monoisotopic (exact) mass is 228 g/mol. The van der Waals surface area contributed by atoms with Crippen molar-refractivity contribution in [3.63, 3.8) is 0 Å². The first-order chi connectivity index (χ1) is 7.05. The maximum absolute atomic E-state index is 6.29. The zero-order chi connectivity index (χ0) is 11.7. The lowest BCUT2D eigenvalue weighted by atomic mass is 10.1. The van der Waals surface area contributed by atoms with Crippen molar-refractivity contribution in [3.05, 3.63) is 12.7 Å². The third-order valence-corrected chi connectivity index (χ3v) is 4.86. The molecule has 1 nitrogen and oxygen atoms in total. The predicted molar refractivity (Wildman–Crippen MR) is 71.8 cm³/mol. The molecule has 0 radical (unpaired) electrons. The third-order valence-electron chi connectivity index (χ3n) is 2.61. The Morgan fingerprint density at radius 1 is 1.20 bits per heavy atom. The topological polar surface area (TPSA) is 9.23 Å². The van der Waals surface area contributed by atoms with Gasteiger partial charge in [-0.25, -0.2) is 0 Å². The predicted octanol–water partition coefficient (Wildman–Crippen LogP) is 4.75. The van der Waals surface area contributed by atoms with E-state index in [1.165, 1.54) is 32.1 Å². The Hall–Kier alpha value is -0.0831. The van der Waals surface area contributed by atoms with Gasteiger partial charge in [0.2, 0.25) is 0 Å². The van der Waals surface area contributed by atoms with Crippen LogP contribution in [-0.2, 0) is 4.43 Å². The summed E-state index contributed by atoms with van der Waals surface area (Å²) >= 11 is 0. The van der Waals surface area contributed by atoms with Crippen LogP contribution >= 0.6 is 0 Å². The fourth-order valence-electron chi connectivity index (χ4n) is 1.86. The molecule has 0 aromatic heterocycles. The number of rotatable bonds is 9. The van der Waals surface area contributed by atoms with Crippen molar-refractivity contribution in [2.24, 2.45) is 0 Å². The highest BCUT2D eigenvalue weighted by molar-refractivity contribution is 6.71. The molecule has 90 valence electrons. The van der Waals surface area contributed by atoms with E-state index in [-0.39, 0.29) is 0 Å². The zero-order valence-electron chi connectivity index (χ0n) is 11.0. The van der Waals surface area contributed by atoms with Crippen LogP contribution in [0.2, 0.25) is 19.1 Å². The number of hydrogen-bond acceptors (Lipinski definition) is 1. The molecular weight excluding hydrogens is 200 g/mol. The van der Waals surface area contributed by atoms with E-state index in [0.717, 1.165) is 6.04 Å². The van der Waals surface area contributed by atoms with E-state index in [2.05, 4.69) is 33.5 Å². The summed E-state index contributed by atoms with van der Waals surface area (Å²) in [5.74, 6) is 0. The van der Waals surface area contributed by atoms with Crippen molar-refractivity contribution in [2.45, 2.75) is 71.2 Å². The fraction of sp³-hybridized carbons (Fsp3) is 0.846. The Labute approximate surface area is 97.0 Å². The minimum atomic E-state index is -1.47. The van der Waals surface area contributed by atoms with Gasteiger partial charge in [-0.1, -0.05) is 39.2 Å². The third kappa shape index (κ3) is 7.80. The summed E-state index contributed by atoms with van der Waals surface area (Å²) in [5.41, 5.74) is 0. The number of unbranched alkanes of at least 4 members (excludes halogenated alkanes) is 1. The molecule has 2 heteroatoms. The lowest BCUT2D eigenvalue weighted by molar-refractivity contribution is 0.168. The normalized spacial score (nSPS) is 13.9. The van der Waals surface area contributed by atoms with E-state index in [0.29, 0.717) is 6.10 Å². The van der Waals surface area contributed by atoms with Gasteiger partial charge in [-0.3, -0.25) is 0 Å². The molecule has 0 fully saturated rings. The maximum Gasteiger partial charge on any atom is 0.190 e. The molecule has 0 aliphatic carbocycles. The second kappa shape index (κ2) is 8.11. The molecule has 0 aromatic carbocycles. The SMILES string of the molecule is C=CC[Si](C)(C)OC(CCC)CCCC. The first kappa shape index (κ1) is 14.9. The molecule has 0 saturated heterocycles. The lowest BCUT2D eigenvalue weighted by Crippen LogP contribution is -2.34. The highest BCUT2D eigenvalue weighted by Gasteiger charge is 2.24. The lowest BCUT2D eigenvalue weighted by Gasteiger charge is -2.28. The molecule has 0 amide bonds. The van der Waals surface area contributed by atoms with Gasteiger partial charge in [0, 0.05) is 6.10 Å². The maximum atomic E-state index is 6.29. The van der Waals surface area contributed by atoms with Gasteiger partial charge in [0.15, 0.2) is 8.32 Å². The molecule has 0 saturated carbocycles. The second-order valence-electron chi connectivity index (χ2n) is 4.92. The molecule has 1 atom stereocenters. The summed E-state index contributed by atoms with van der Waals surface area (Å²) in [7, 11) is -1.47. The Bertz CT molecular complexity index is 166. The van der Waals surface area contributed by atoms with Crippen LogP contribution < -0.4 is 0 Å². The van der Waals surface area contributed by atoms with E-state index in [1.54, 1.807) is 0 Å². The molecule has 15 heavy (non-hydrogen) atoms. The highest BCUT2D eigenvalue weighted by atomic mass is 28.4. The van der Waals surface area contributed by atoms with Crippen LogP contribution in [0, 0.1) is 0 Å². The molecule has 1 unspecified atom stereocenters. The Balaban J connectivity index is 4.06. The van der Waals surface area contributed by atoms with E-state index in [9.17, 15) is 0 Å². The van der Waals surface area contributed by atoms with Gasteiger partial charge in [-0.15, -0.1) is 6.58 Å². The minimum absolute atomic E-state index is 0.497. The van der Waals surface area contributed by atoms with Crippen molar-refractivity contribution < 1.29 is 4.43 Å². The first-order valence-electron chi connectivity index (χ1n) is 6.34. The summed E-state index contributed by atoms with van der Waals surface area (Å²) in [6.45, 7) is 12.9. The summed E-state index contributed by atoms with van der Waals surface area (Å²) in [6, 6.07) is 1.07. The van der Waals surface area contributed by atoms with E-state index >= 15 is 0 Å². The Morgan fingerprint density at radius 3 is 2.33 bits per heavy atom. The standard InChI is InChI=1S/C13H28OSi/c1-6-9-11-13(10-7-2)14-15(4,5)12-8-3/h8,13H,3,6-7,9-12H2,1-2,4-5H3. The Morgan fingerprint density at radius 2 is 1.87 bits per heavy atom. The summed E-state index contributed by atoms with van der Waals surface area (Å²) in [5, 5.41) is 0. The van der Waals surface area contributed by atoms with Crippen molar-refractivity contribution in [3.8, 4) is 0 Å². The summed E-state index contributed by atoms with van der Waals surface area (Å²) in [6.07, 6.45) is 8.75. The van der Waals surface area contributed by atoms with Gasteiger partial charge in [0.1, 0.15) is 0 Å². The highest BCUT2D eigenvalue weighted by Crippen LogP contribution is 2.20. The van der Waals surface area contributed by atoms with Crippen LogP contribution in [0.4, 0.5) is 0 Å². The van der Waals surface area contributed by atoms with E-state index in [1.807, 2.05) is 6.08 Å². The van der Waals surface area contributed by atoms with Gasteiger partial charge in [0.25, 0.3) is 0 Å². The molecule has 0 rings (SSSR count). The molecule has 0 aliphatic rings. The zero-order valence-corrected chi connectivity index (χ0v) is 12.0. The van der Waals surface area contributed by atoms with Crippen LogP contribution in [0.1, 0.15) is 46.0 Å². The smallest absolute Gasteiger partial charge is 0.190 e. The quantitative estimate of drug-likeness (QED) is 0.409. The summed E-state index contributed by atoms with van der Waals surface area (Å²) < 4.78 is 6.29. The molecule has 0 aromatic rings. The van der Waals surface area contributed by atoms with Crippen LogP contribution in [-0.4, -0.2) is 14.4 Å². The number of hydrogen-bond donors (Lipinski definition) is 0. The van der Waals surface area contributed by atoms with Crippen LogP contribution in [0.3, 0.4) is 0 Å². The molecular formula is C13H28OSi. The van der Waals surface area contributed by atoms with Crippen molar-refractivity contribution in [2.75, 3.05) is 0 Å². The van der Waals surface area contributed by atoms with Crippen LogP contribution in [0.15, 0.2) is 12.7 Å². The van der Waals surface area contributed by atoms with Crippen LogP contribution in [0.5, 0.6) is 0 Å². The molecule has 0 N–H and O–H groups in total. The van der Waals surface area contributed by atoms with Gasteiger partial charge < -0.3 is 4.43 Å². The van der Waals surface area contributed by atoms with Crippen molar-refractivity contribution >= 4 is 8.32 Å². The average Bonchev–Trinajstić information content (AvgIpc) is 2.14. The van der Waals surface area contributed by atoms with Crippen molar-refractivity contribution in [1.82, 2.24) is 0 Å². The van der Waals surface area contributed by atoms with E-state index < -0.39 is 8.32 Å². The van der Waals surface area contributed by atoms with E-state index in [4.69, 9.17) is 4.43 Å². The van der Waals surface area contributed by atoms with Gasteiger partial charge >= 0.3 is 0 Å². The van der Waals surface area contributed by atoms with Gasteiger partial charge in [-0.2, -0.15) is 0 Å². The number of allylic oxidation sites excluding steroid dienone is 1. The van der Waals surface area contributed by atoms with Gasteiger partial charge in [-0.05, 0) is 32.0 Å². The largest absolute Gasteiger partial charge is 0.414 e. The second-order valence-corrected chi connectivity index (χ2v) is 9.09. The van der Waals surface area contributed by atoms with Gasteiger partial charge in [0.05, 0.1) is 0 Å². The first-order valence-corrected chi connectivity index (χ1v) is 9.46. The average molecular weight is 228 g/mol. The molecule has 0 bridgehead atoms. The molecule has 0 heterocycles. The summed E-state index contributed by atoms with van der Waals surface area (Å²) in [4.78, 5) is 0. The molecule has 0 spiro atoms. The minimum Gasteiger partial charge on any atom is -0.414 e. The van der Waals surface area contributed by atoms with Crippen LogP contribution in [0.25, 0.3) is 0 Å². The fourth-order valence-corrected chi connectivity index (χ4v) is 3.79. The molecule has 0 aliphatic heterocycles.